The summed E-state index contributed by atoms with van der Waals surface area (Å²) in [5.74, 6) is 1.57. The van der Waals surface area contributed by atoms with E-state index < -0.39 is 0 Å². The average Bonchev–Trinajstić information content (AvgIpc) is 2.74. The van der Waals surface area contributed by atoms with Crippen molar-refractivity contribution in [2.24, 2.45) is 0 Å². The van der Waals surface area contributed by atoms with Crippen molar-refractivity contribution in [1.29, 1.82) is 0 Å². The van der Waals surface area contributed by atoms with Crippen molar-refractivity contribution >= 4 is 17.7 Å². The molecular weight excluding hydrogens is 260 g/mol. The topological polar surface area (TPSA) is 41.6 Å². The van der Waals surface area contributed by atoms with Crippen molar-refractivity contribution in [3.8, 4) is 5.75 Å². The highest BCUT2D eigenvalue weighted by Crippen LogP contribution is 2.21. The zero-order valence-electron chi connectivity index (χ0n) is 11.2. The number of benzene rings is 1. The molecule has 0 aliphatic carbocycles. The zero-order chi connectivity index (χ0) is 13.5. The first kappa shape index (κ1) is 14.2. The van der Waals surface area contributed by atoms with E-state index in [-0.39, 0.29) is 5.91 Å². The molecule has 0 spiro atoms. The lowest BCUT2D eigenvalue weighted by molar-refractivity contribution is -0.128. The lowest BCUT2D eigenvalue weighted by atomic mass is 10.3. The number of nitrogens with zero attached hydrogens (tertiary/aromatic N) is 1. The molecule has 0 bridgehead atoms. The molecular formula is C14H20N2O2S. The summed E-state index contributed by atoms with van der Waals surface area (Å²) >= 11 is 1.58. The van der Waals surface area contributed by atoms with Gasteiger partial charge in [0.2, 0.25) is 5.91 Å². The van der Waals surface area contributed by atoms with E-state index in [2.05, 4.69) is 5.32 Å². The fraction of sp³-hybridized carbons (Fsp3) is 0.500. The molecule has 0 aromatic heterocycles. The lowest BCUT2D eigenvalue weighted by Gasteiger charge is -2.19. The third kappa shape index (κ3) is 4.44. The van der Waals surface area contributed by atoms with Crippen LogP contribution >= 0.6 is 11.8 Å². The largest absolute Gasteiger partial charge is 0.497 e. The molecule has 2 rings (SSSR count). The van der Waals surface area contributed by atoms with E-state index in [0.29, 0.717) is 5.75 Å². The summed E-state index contributed by atoms with van der Waals surface area (Å²) in [6, 6.07) is 7.81. The Balaban J connectivity index is 1.81. The first-order chi connectivity index (χ1) is 9.29. The highest BCUT2D eigenvalue weighted by Gasteiger charge is 2.15. The molecule has 1 aromatic carbocycles. The highest BCUT2D eigenvalue weighted by molar-refractivity contribution is 8.00. The predicted molar refractivity (Wildman–Crippen MR) is 77.8 cm³/mol. The summed E-state index contributed by atoms with van der Waals surface area (Å²) in [4.78, 5) is 15.2. The van der Waals surface area contributed by atoms with Crippen molar-refractivity contribution in [2.75, 3.05) is 39.0 Å². The van der Waals surface area contributed by atoms with Crippen LogP contribution < -0.4 is 10.1 Å². The van der Waals surface area contributed by atoms with Gasteiger partial charge < -0.3 is 15.0 Å². The number of methoxy groups -OCH3 is 1. The van der Waals surface area contributed by atoms with Gasteiger partial charge in [-0.25, -0.2) is 0 Å². The summed E-state index contributed by atoms with van der Waals surface area (Å²) in [6.45, 7) is 3.60. The summed E-state index contributed by atoms with van der Waals surface area (Å²) in [5.41, 5.74) is 0. The highest BCUT2D eigenvalue weighted by atomic mass is 32.2. The number of ether oxygens (including phenoxy) is 1. The molecule has 104 valence electrons. The third-order valence-corrected chi connectivity index (χ3v) is 4.11. The summed E-state index contributed by atoms with van der Waals surface area (Å²) in [5, 5.41) is 3.30. The maximum Gasteiger partial charge on any atom is 0.232 e. The van der Waals surface area contributed by atoms with E-state index in [0.717, 1.165) is 43.2 Å². The number of hydrogen-bond acceptors (Lipinski definition) is 4. The van der Waals surface area contributed by atoms with Crippen LogP contribution in [0.15, 0.2) is 29.2 Å². The monoisotopic (exact) mass is 280 g/mol. The SMILES string of the molecule is COc1ccc(SCC(=O)N2CCCNCC2)cc1. The molecule has 1 amide bonds. The Morgan fingerprint density at radius 2 is 2.11 bits per heavy atom. The maximum absolute atomic E-state index is 12.1. The zero-order valence-corrected chi connectivity index (χ0v) is 12.0. The molecule has 19 heavy (non-hydrogen) atoms. The van der Waals surface area contributed by atoms with Gasteiger partial charge in [-0.2, -0.15) is 0 Å². The van der Waals surface area contributed by atoms with Gasteiger partial charge in [-0.15, -0.1) is 11.8 Å². The van der Waals surface area contributed by atoms with Crippen molar-refractivity contribution in [3.63, 3.8) is 0 Å². The van der Waals surface area contributed by atoms with Crippen LogP contribution in [0.25, 0.3) is 0 Å². The summed E-state index contributed by atoms with van der Waals surface area (Å²) < 4.78 is 5.11. The fourth-order valence-electron chi connectivity index (χ4n) is 2.00. The molecule has 0 atom stereocenters. The number of nitrogens with one attached hydrogen (secondary N) is 1. The number of carbonyl (C=O) groups is 1. The summed E-state index contributed by atoms with van der Waals surface area (Å²) in [7, 11) is 1.65. The normalized spacial score (nSPS) is 15.9. The fourth-order valence-corrected chi connectivity index (χ4v) is 2.80. The van der Waals surface area contributed by atoms with Crippen LogP contribution in [0.2, 0.25) is 0 Å². The Hall–Kier alpha value is -1.20. The molecule has 1 N–H and O–H groups in total. The third-order valence-electron chi connectivity index (χ3n) is 3.11. The van der Waals surface area contributed by atoms with Crippen molar-refractivity contribution < 1.29 is 9.53 Å². The second-order valence-electron chi connectivity index (χ2n) is 4.45. The van der Waals surface area contributed by atoms with E-state index in [4.69, 9.17) is 4.74 Å². The van der Waals surface area contributed by atoms with Crippen LogP contribution in [0.5, 0.6) is 5.75 Å². The van der Waals surface area contributed by atoms with Crippen LogP contribution in [-0.2, 0) is 4.79 Å². The van der Waals surface area contributed by atoms with E-state index in [9.17, 15) is 4.79 Å². The van der Waals surface area contributed by atoms with Gasteiger partial charge in [-0.3, -0.25) is 4.79 Å². The molecule has 0 saturated carbocycles. The molecule has 4 nitrogen and oxygen atoms in total. The average molecular weight is 280 g/mol. The molecule has 0 unspecified atom stereocenters. The standard InChI is InChI=1S/C14H20N2O2S/c1-18-12-3-5-13(6-4-12)19-11-14(17)16-9-2-7-15-8-10-16/h3-6,15H,2,7-11H2,1H3. The number of amides is 1. The van der Waals surface area contributed by atoms with Crippen molar-refractivity contribution in [2.45, 2.75) is 11.3 Å². The minimum atomic E-state index is 0.226. The second-order valence-corrected chi connectivity index (χ2v) is 5.50. The van der Waals surface area contributed by atoms with Gasteiger partial charge in [0.05, 0.1) is 12.9 Å². The quantitative estimate of drug-likeness (QED) is 0.851. The van der Waals surface area contributed by atoms with Gasteiger partial charge in [0, 0.05) is 24.5 Å². The Labute approximate surface area is 118 Å². The molecule has 1 aliphatic rings. The van der Waals surface area contributed by atoms with Crippen LogP contribution in [0.1, 0.15) is 6.42 Å². The molecule has 0 radical (unpaired) electrons. The molecule has 1 aliphatic heterocycles. The minimum Gasteiger partial charge on any atom is -0.497 e. The molecule has 1 heterocycles. The van der Waals surface area contributed by atoms with Gasteiger partial charge in [-0.05, 0) is 37.2 Å². The van der Waals surface area contributed by atoms with Gasteiger partial charge in [0.15, 0.2) is 0 Å². The molecule has 1 aromatic rings. The van der Waals surface area contributed by atoms with Crippen molar-refractivity contribution in [1.82, 2.24) is 10.2 Å². The van der Waals surface area contributed by atoms with Crippen molar-refractivity contribution in [3.05, 3.63) is 24.3 Å². The van der Waals surface area contributed by atoms with Crippen LogP contribution in [0.3, 0.4) is 0 Å². The summed E-state index contributed by atoms with van der Waals surface area (Å²) in [6.07, 6.45) is 1.04. The maximum atomic E-state index is 12.1. The number of carbonyl (C=O) groups excluding carboxylic acids is 1. The Kier molecular flexibility index (Phi) is 5.54. The van der Waals surface area contributed by atoms with E-state index in [1.54, 1.807) is 18.9 Å². The molecule has 1 saturated heterocycles. The molecule has 1 fully saturated rings. The predicted octanol–water partition coefficient (Wildman–Crippen LogP) is 1.61. The van der Waals surface area contributed by atoms with E-state index in [1.165, 1.54) is 0 Å². The Morgan fingerprint density at radius 3 is 2.84 bits per heavy atom. The lowest BCUT2D eigenvalue weighted by Crippen LogP contribution is -2.35. The second kappa shape index (κ2) is 7.40. The van der Waals surface area contributed by atoms with Crippen LogP contribution in [0.4, 0.5) is 0 Å². The van der Waals surface area contributed by atoms with Gasteiger partial charge in [-0.1, -0.05) is 0 Å². The smallest absolute Gasteiger partial charge is 0.232 e. The first-order valence-electron chi connectivity index (χ1n) is 6.55. The minimum absolute atomic E-state index is 0.226. The number of thioether (sulfide) groups is 1. The van der Waals surface area contributed by atoms with E-state index >= 15 is 0 Å². The van der Waals surface area contributed by atoms with Gasteiger partial charge >= 0.3 is 0 Å². The van der Waals surface area contributed by atoms with Crippen LogP contribution in [-0.4, -0.2) is 49.8 Å². The Morgan fingerprint density at radius 1 is 1.32 bits per heavy atom. The number of rotatable bonds is 4. The number of hydrogen-bond donors (Lipinski definition) is 1. The van der Waals surface area contributed by atoms with Gasteiger partial charge in [0.25, 0.3) is 0 Å². The first-order valence-corrected chi connectivity index (χ1v) is 7.53. The molecule has 5 heteroatoms. The Bertz CT molecular complexity index is 400. The van der Waals surface area contributed by atoms with Crippen LogP contribution in [0, 0.1) is 0 Å². The van der Waals surface area contributed by atoms with E-state index in [1.807, 2.05) is 29.2 Å². The van der Waals surface area contributed by atoms with Gasteiger partial charge in [0.1, 0.15) is 5.75 Å².